The van der Waals surface area contributed by atoms with E-state index in [1.807, 2.05) is 42.5 Å². The minimum atomic E-state index is -0.984. The van der Waals surface area contributed by atoms with Crippen LogP contribution in [0, 0.1) is 0 Å². The van der Waals surface area contributed by atoms with Gasteiger partial charge in [0.1, 0.15) is 12.1 Å². The SMILES string of the molecule is O=C(CCc1nccc2ccccc12)NC1CC=CCC2CCC(C(=O)O)N2C1=O. The van der Waals surface area contributed by atoms with Crippen molar-refractivity contribution in [3.63, 3.8) is 0 Å². The molecule has 0 radical (unpaired) electrons. The molecule has 2 N–H and O–H groups in total. The summed E-state index contributed by atoms with van der Waals surface area (Å²) < 4.78 is 0. The van der Waals surface area contributed by atoms with Crippen molar-refractivity contribution in [3.8, 4) is 0 Å². The fourth-order valence-corrected chi connectivity index (χ4v) is 4.46. The van der Waals surface area contributed by atoms with E-state index in [0.717, 1.165) is 16.5 Å². The second kappa shape index (κ2) is 8.65. The van der Waals surface area contributed by atoms with Crippen molar-refractivity contribution in [1.29, 1.82) is 0 Å². The maximum Gasteiger partial charge on any atom is 0.326 e. The van der Waals surface area contributed by atoms with Crippen LogP contribution in [0.3, 0.4) is 0 Å². The van der Waals surface area contributed by atoms with Crippen LogP contribution in [-0.4, -0.2) is 50.9 Å². The van der Waals surface area contributed by atoms with Crippen molar-refractivity contribution >= 4 is 28.6 Å². The number of aryl methyl sites for hydroxylation is 1. The van der Waals surface area contributed by atoms with E-state index in [-0.39, 0.29) is 24.3 Å². The van der Waals surface area contributed by atoms with E-state index in [4.69, 9.17) is 0 Å². The van der Waals surface area contributed by atoms with Crippen molar-refractivity contribution in [2.24, 2.45) is 0 Å². The fourth-order valence-electron chi connectivity index (χ4n) is 4.46. The highest BCUT2D eigenvalue weighted by Gasteiger charge is 2.43. The zero-order valence-corrected chi connectivity index (χ0v) is 16.7. The molecule has 0 aliphatic carbocycles. The van der Waals surface area contributed by atoms with Gasteiger partial charge >= 0.3 is 5.97 Å². The lowest BCUT2D eigenvalue weighted by molar-refractivity contribution is -0.151. The molecule has 3 atom stereocenters. The summed E-state index contributed by atoms with van der Waals surface area (Å²) >= 11 is 0. The first-order valence-electron chi connectivity index (χ1n) is 10.4. The van der Waals surface area contributed by atoms with E-state index in [0.29, 0.717) is 32.1 Å². The highest BCUT2D eigenvalue weighted by Crippen LogP contribution is 2.29. The third-order valence-electron chi connectivity index (χ3n) is 5.97. The number of hydrogen-bond donors (Lipinski definition) is 2. The minimum absolute atomic E-state index is 0.116. The molecule has 3 unspecified atom stereocenters. The number of hydrogen-bond acceptors (Lipinski definition) is 4. The molecule has 0 saturated carbocycles. The number of aliphatic carboxylic acids is 1. The highest BCUT2D eigenvalue weighted by atomic mass is 16.4. The molecule has 1 aromatic carbocycles. The van der Waals surface area contributed by atoms with Crippen molar-refractivity contribution in [2.45, 2.75) is 56.7 Å². The van der Waals surface area contributed by atoms with Gasteiger partial charge in [0, 0.05) is 29.7 Å². The Kier molecular flexibility index (Phi) is 5.79. The maximum atomic E-state index is 13.1. The van der Waals surface area contributed by atoms with Gasteiger partial charge < -0.3 is 15.3 Å². The number of fused-ring (bicyclic) bond motifs is 2. The Morgan fingerprint density at radius 2 is 1.93 bits per heavy atom. The Balaban J connectivity index is 1.44. The molecule has 3 heterocycles. The topological polar surface area (TPSA) is 99.6 Å². The van der Waals surface area contributed by atoms with Gasteiger partial charge in [-0.3, -0.25) is 14.6 Å². The molecular formula is C23H25N3O4. The summed E-state index contributed by atoms with van der Waals surface area (Å²) in [5, 5.41) is 14.4. The first-order valence-corrected chi connectivity index (χ1v) is 10.4. The van der Waals surface area contributed by atoms with E-state index in [1.165, 1.54) is 4.90 Å². The average molecular weight is 407 g/mol. The van der Waals surface area contributed by atoms with E-state index in [1.54, 1.807) is 6.20 Å². The molecule has 0 spiro atoms. The molecule has 2 aromatic rings. The van der Waals surface area contributed by atoms with Crippen molar-refractivity contribution < 1.29 is 19.5 Å². The van der Waals surface area contributed by atoms with Crippen LogP contribution >= 0.6 is 0 Å². The number of rotatable bonds is 5. The summed E-state index contributed by atoms with van der Waals surface area (Å²) in [6, 6.07) is 8.16. The first-order chi connectivity index (χ1) is 14.5. The number of nitrogens with one attached hydrogen (secondary N) is 1. The fraction of sp³-hybridized carbons (Fsp3) is 0.391. The molecule has 7 nitrogen and oxygen atoms in total. The predicted molar refractivity (Wildman–Crippen MR) is 112 cm³/mol. The number of pyridine rings is 1. The molecule has 30 heavy (non-hydrogen) atoms. The second-order valence-corrected chi connectivity index (χ2v) is 7.87. The number of aromatic nitrogens is 1. The molecule has 4 rings (SSSR count). The van der Waals surface area contributed by atoms with E-state index < -0.39 is 18.1 Å². The van der Waals surface area contributed by atoms with Crippen LogP contribution < -0.4 is 5.32 Å². The van der Waals surface area contributed by atoms with Gasteiger partial charge in [0.25, 0.3) is 0 Å². The molecule has 1 saturated heterocycles. The average Bonchev–Trinajstić information content (AvgIpc) is 3.16. The summed E-state index contributed by atoms with van der Waals surface area (Å²) in [6.45, 7) is 0. The van der Waals surface area contributed by atoms with Gasteiger partial charge in [-0.15, -0.1) is 0 Å². The van der Waals surface area contributed by atoms with Crippen molar-refractivity contribution in [3.05, 3.63) is 54.4 Å². The summed E-state index contributed by atoms with van der Waals surface area (Å²) in [4.78, 5) is 43.2. The highest BCUT2D eigenvalue weighted by molar-refractivity contribution is 5.91. The Morgan fingerprint density at radius 1 is 1.13 bits per heavy atom. The third-order valence-corrected chi connectivity index (χ3v) is 5.97. The third kappa shape index (κ3) is 4.06. The lowest BCUT2D eigenvalue weighted by Gasteiger charge is -2.32. The Bertz CT molecular complexity index is 998. The van der Waals surface area contributed by atoms with E-state index in [9.17, 15) is 19.5 Å². The summed E-state index contributed by atoms with van der Waals surface area (Å²) in [5.74, 6) is -1.52. The molecule has 1 aromatic heterocycles. The number of benzene rings is 1. The monoisotopic (exact) mass is 407 g/mol. The molecule has 1 fully saturated rings. The minimum Gasteiger partial charge on any atom is -0.480 e. The number of nitrogens with zero attached hydrogens (tertiary/aromatic N) is 2. The summed E-state index contributed by atoms with van der Waals surface area (Å²) in [5.41, 5.74) is 0.845. The van der Waals surface area contributed by atoms with E-state index in [2.05, 4.69) is 10.3 Å². The van der Waals surface area contributed by atoms with Crippen LogP contribution in [-0.2, 0) is 20.8 Å². The normalized spacial score (nSPS) is 23.7. The van der Waals surface area contributed by atoms with Crippen LogP contribution in [0.5, 0.6) is 0 Å². The van der Waals surface area contributed by atoms with Gasteiger partial charge in [-0.1, -0.05) is 36.4 Å². The van der Waals surface area contributed by atoms with Crippen LogP contribution in [0.1, 0.15) is 37.8 Å². The summed E-state index contributed by atoms with van der Waals surface area (Å²) in [6.07, 6.45) is 8.43. The number of carbonyl (C=O) groups is 3. The zero-order valence-electron chi connectivity index (χ0n) is 16.7. The van der Waals surface area contributed by atoms with Crippen LogP contribution in [0.2, 0.25) is 0 Å². The Hall–Kier alpha value is -3.22. The number of carboxylic acids is 1. The zero-order chi connectivity index (χ0) is 21.1. The van der Waals surface area contributed by atoms with Gasteiger partial charge in [-0.2, -0.15) is 0 Å². The standard InChI is InChI=1S/C23H25N3O4/c27-21(12-10-18-17-7-3-1-5-15(17)13-14-24-18)25-19-8-4-2-6-16-9-11-20(23(29)30)26(16)22(19)28/h1-5,7,13-14,16,19-20H,6,8-12H2,(H,25,27)(H,29,30). The molecule has 156 valence electrons. The first kappa shape index (κ1) is 20.1. The van der Waals surface area contributed by atoms with Gasteiger partial charge in [0.05, 0.1) is 0 Å². The number of carbonyl (C=O) groups excluding carboxylic acids is 2. The quantitative estimate of drug-likeness (QED) is 0.742. The van der Waals surface area contributed by atoms with Gasteiger partial charge in [-0.05, 0) is 43.6 Å². The maximum absolute atomic E-state index is 13.1. The molecule has 0 bridgehead atoms. The Labute approximate surface area is 174 Å². The lowest BCUT2D eigenvalue weighted by atomic mass is 10.0. The van der Waals surface area contributed by atoms with Crippen LogP contribution in [0.15, 0.2) is 48.7 Å². The van der Waals surface area contributed by atoms with Crippen LogP contribution in [0.4, 0.5) is 0 Å². The van der Waals surface area contributed by atoms with Crippen molar-refractivity contribution in [2.75, 3.05) is 0 Å². The van der Waals surface area contributed by atoms with Gasteiger partial charge in [-0.25, -0.2) is 4.79 Å². The largest absolute Gasteiger partial charge is 0.480 e. The molecule has 2 aliphatic heterocycles. The van der Waals surface area contributed by atoms with Crippen molar-refractivity contribution in [1.82, 2.24) is 15.2 Å². The van der Waals surface area contributed by atoms with Crippen LogP contribution in [0.25, 0.3) is 10.8 Å². The molecule has 2 amide bonds. The predicted octanol–water partition coefficient (Wildman–Crippen LogP) is 2.45. The smallest absolute Gasteiger partial charge is 0.326 e. The molecule has 2 aliphatic rings. The summed E-state index contributed by atoms with van der Waals surface area (Å²) in [7, 11) is 0. The second-order valence-electron chi connectivity index (χ2n) is 7.87. The molecule has 7 heteroatoms. The molecular weight excluding hydrogens is 382 g/mol. The number of carboxylic acid groups (broad SMARTS) is 1. The Morgan fingerprint density at radius 3 is 2.77 bits per heavy atom. The number of amides is 2. The van der Waals surface area contributed by atoms with E-state index >= 15 is 0 Å². The lowest BCUT2D eigenvalue weighted by Crippen LogP contribution is -2.54. The van der Waals surface area contributed by atoms with Gasteiger partial charge in [0.2, 0.25) is 11.8 Å². The van der Waals surface area contributed by atoms with Gasteiger partial charge in [0.15, 0.2) is 0 Å².